The van der Waals surface area contributed by atoms with E-state index in [0.717, 1.165) is 19.3 Å². The van der Waals surface area contributed by atoms with Crippen molar-refractivity contribution in [3.8, 4) is 0 Å². The van der Waals surface area contributed by atoms with Crippen molar-refractivity contribution in [2.75, 3.05) is 5.73 Å². The molecule has 1 aromatic rings. The zero-order valence-electron chi connectivity index (χ0n) is 7.12. The third kappa shape index (κ3) is 1.63. The lowest BCUT2D eigenvalue weighted by atomic mass is 9.96. The van der Waals surface area contributed by atoms with Gasteiger partial charge in [-0.15, -0.1) is 0 Å². The van der Waals surface area contributed by atoms with Crippen LogP contribution in [0.1, 0.15) is 29.8 Å². The number of rotatable bonds is 2. The molecule has 5 heteroatoms. The summed E-state index contributed by atoms with van der Waals surface area (Å²) in [5.74, 6) is -0.0607. The highest BCUT2D eigenvalue weighted by atomic mass is 16.5. The highest BCUT2D eigenvalue weighted by Crippen LogP contribution is 2.22. The van der Waals surface area contributed by atoms with E-state index in [0.29, 0.717) is 11.5 Å². The third-order valence-electron chi connectivity index (χ3n) is 2.14. The van der Waals surface area contributed by atoms with Crippen molar-refractivity contribution in [1.82, 2.24) is 10.2 Å². The van der Waals surface area contributed by atoms with Gasteiger partial charge in [-0.25, -0.2) is 4.79 Å². The molecule has 0 unspecified atom stereocenters. The summed E-state index contributed by atoms with van der Waals surface area (Å²) >= 11 is 0. The molecule has 1 aliphatic rings. The summed E-state index contributed by atoms with van der Waals surface area (Å²) in [5, 5.41) is 6.15. The molecule has 1 fully saturated rings. The van der Waals surface area contributed by atoms with Gasteiger partial charge >= 0.3 is 5.97 Å². The van der Waals surface area contributed by atoms with Crippen LogP contribution in [0.2, 0.25) is 0 Å². The smallest absolute Gasteiger partial charge is 0.356 e. The molecule has 0 radical (unpaired) electrons. The molecule has 0 aromatic carbocycles. The first-order chi connectivity index (χ1) is 6.25. The van der Waals surface area contributed by atoms with Gasteiger partial charge in [-0.05, 0) is 19.3 Å². The molecule has 3 N–H and O–H groups in total. The molecule has 2 rings (SSSR count). The minimum absolute atomic E-state index is 0.0945. The van der Waals surface area contributed by atoms with Gasteiger partial charge in [0.1, 0.15) is 17.6 Å². The molecule has 1 aromatic heterocycles. The normalized spacial score (nSPS) is 16.6. The van der Waals surface area contributed by atoms with Crippen LogP contribution in [0.3, 0.4) is 0 Å². The maximum Gasteiger partial charge on any atom is 0.356 e. The average Bonchev–Trinajstić information content (AvgIpc) is 2.44. The van der Waals surface area contributed by atoms with Crippen LogP contribution < -0.4 is 5.73 Å². The fraction of sp³-hybridized carbons (Fsp3) is 0.500. The van der Waals surface area contributed by atoms with Crippen molar-refractivity contribution in [2.24, 2.45) is 0 Å². The minimum Gasteiger partial charge on any atom is -0.458 e. The van der Waals surface area contributed by atoms with E-state index in [-0.39, 0.29) is 12.1 Å². The Bertz CT molecular complexity index is 317. The van der Waals surface area contributed by atoms with E-state index in [1.165, 1.54) is 6.07 Å². The second kappa shape index (κ2) is 3.08. The maximum absolute atomic E-state index is 11.3. The molecule has 0 aliphatic heterocycles. The zero-order chi connectivity index (χ0) is 9.26. The Morgan fingerprint density at radius 2 is 2.46 bits per heavy atom. The fourth-order valence-electron chi connectivity index (χ4n) is 1.15. The molecular weight excluding hydrogens is 170 g/mol. The first-order valence-electron chi connectivity index (χ1n) is 4.27. The number of aromatic nitrogens is 2. The van der Waals surface area contributed by atoms with Crippen LogP contribution in [0.4, 0.5) is 5.82 Å². The number of anilines is 1. The van der Waals surface area contributed by atoms with Crippen LogP contribution in [0, 0.1) is 0 Å². The fourth-order valence-corrected chi connectivity index (χ4v) is 1.15. The van der Waals surface area contributed by atoms with E-state index in [1.807, 2.05) is 0 Å². The number of carbonyl (C=O) groups excluding carboxylic acids is 1. The summed E-state index contributed by atoms with van der Waals surface area (Å²) < 4.78 is 5.12. The van der Waals surface area contributed by atoms with Crippen LogP contribution in [0.25, 0.3) is 0 Å². The van der Waals surface area contributed by atoms with Crippen LogP contribution in [0.15, 0.2) is 6.07 Å². The summed E-state index contributed by atoms with van der Waals surface area (Å²) in [6, 6.07) is 1.47. The standard InChI is InChI=1S/C8H11N3O2/c9-7-4-6(10-11-7)8(12)13-5-2-1-3-5/h4-5H,1-3H2,(H3,9,10,11). The van der Waals surface area contributed by atoms with E-state index in [9.17, 15) is 4.79 Å². The summed E-state index contributed by atoms with van der Waals surface area (Å²) in [6.45, 7) is 0. The molecule has 1 aliphatic carbocycles. The molecule has 0 saturated heterocycles. The van der Waals surface area contributed by atoms with E-state index < -0.39 is 0 Å². The number of hydrogen-bond acceptors (Lipinski definition) is 4. The molecule has 0 atom stereocenters. The first kappa shape index (κ1) is 8.10. The lowest BCUT2D eigenvalue weighted by Gasteiger charge is -2.24. The summed E-state index contributed by atoms with van der Waals surface area (Å²) in [4.78, 5) is 11.3. The predicted molar refractivity (Wildman–Crippen MR) is 46.1 cm³/mol. The Balaban J connectivity index is 1.96. The summed E-state index contributed by atoms with van der Waals surface area (Å²) in [7, 11) is 0. The number of esters is 1. The number of nitrogens with one attached hydrogen (secondary N) is 1. The molecule has 0 spiro atoms. The number of nitrogens with zero attached hydrogens (tertiary/aromatic N) is 1. The van der Waals surface area contributed by atoms with E-state index in [2.05, 4.69) is 10.2 Å². The first-order valence-corrected chi connectivity index (χ1v) is 4.27. The van der Waals surface area contributed by atoms with Crippen molar-refractivity contribution >= 4 is 11.8 Å². The second-order valence-corrected chi connectivity index (χ2v) is 3.16. The molecule has 13 heavy (non-hydrogen) atoms. The van der Waals surface area contributed by atoms with Gasteiger partial charge < -0.3 is 10.5 Å². The van der Waals surface area contributed by atoms with Crippen molar-refractivity contribution < 1.29 is 9.53 Å². The lowest BCUT2D eigenvalue weighted by molar-refractivity contribution is 0.00837. The van der Waals surface area contributed by atoms with Gasteiger partial charge in [0, 0.05) is 6.07 Å². The van der Waals surface area contributed by atoms with Gasteiger partial charge in [0.15, 0.2) is 0 Å². The number of aromatic amines is 1. The minimum atomic E-state index is -0.367. The average molecular weight is 181 g/mol. The predicted octanol–water partition coefficient (Wildman–Crippen LogP) is 0.701. The molecular formula is C8H11N3O2. The largest absolute Gasteiger partial charge is 0.458 e. The molecule has 70 valence electrons. The number of ether oxygens (including phenoxy) is 1. The van der Waals surface area contributed by atoms with Crippen LogP contribution in [0.5, 0.6) is 0 Å². The summed E-state index contributed by atoms with van der Waals surface area (Å²) in [5.41, 5.74) is 5.67. The van der Waals surface area contributed by atoms with Gasteiger partial charge in [-0.3, -0.25) is 5.10 Å². The zero-order valence-corrected chi connectivity index (χ0v) is 7.12. The number of nitrogens with two attached hydrogens (primary N) is 1. The second-order valence-electron chi connectivity index (χ2n) is 3.16. The van der Waals surface area contributed by atoms with Crippen molar-refractivity contribution in [1.29, 1.82) is 0 Å². The number of nitrogen functional groups attached to an aromatic ring is 1. The van der Waals surface area contributed by atoms with E-state index in [1.54, 1.807) is 0 Å². The number of H-pyrrole nitrogens is 1. The van der Waals surface area contributed by atoms with Gasteiger partial charge in [0.25, 0.3) is 0 Å². The van der Waals surface area contributed by atoms with Crippen molar-refractivity contribution in [3.63, 3.8) is 0 Å². The highest BCUT2D eigenvalue weighted by Gasteiger charge is 2.23. The topological polar surface area (TPSA) is 81.0 Å². The van der Waals surface area contributed by atoms with Gasteiger partial charge in [0.05, 0.1) is 0 Å². The molecule has 5 nitrogen and oxygen atoms in total. The van der Waals surface area contributed by atoms with Crippen LogP contribution in [-0.4, -0.2) is 22.3 Å². The van der Waals surface area contributed by atoms with Gasteiger partial charge in [0.2, 0.25) is 0 Å². The van der Waals surface area contributed by atoms with Crippen molar-refractivity contribution in [3.05, 3.63) is 11.8 Å². The molecule has 0 bridgehead atoms. The Labute approximate surface area is 75.3 Å². The van der Waals surface area contributed by atoms with E-state index >= 15 is 0 Å². The van der Waals surface area contributed by atoms with Crippen LogP contribution in [-0.2, 0) is 4.74 Å². The lowest BCUT2D eigenvalue weighted by Crippen LogP contribution is -2.25. The Hall–Kier alpha value is -1.52. The summed E-state index contributed by atoms with van der Waals surface area (Å²) in [6.07, 6.45) is 3.17. The monoisotopic (exact) mass is 181 g/mol. The van der Waals surface area contributed by atoms with Gasteiger partial charge in [-0.1, -0.05) is 0 Å². The van der Waals surface area contributed by atoms with Gasteiger partial charge in [-0.2, -0.15) is 5.10 Å². The van der Waals surface area contributed by atoms with E-state index in [4.69, 9.17) is 10.5 Å². The number of hydrogen-bond donors (Lipinski definition) is 2. The van der Waals surface area contributed by atoms with Crippen molar-refractivity contribution in [2.45, 2.75) is 25.4 Å². The quantitative estimate of drug-likeness (QED) is 0.658. The molecule has 1 saturated carbocycles. The molecule has 1 heterocycles. The number of carbonyl (C=O) groups is 1. The SMILES string of the molecule is Nc1cc(C(=O)OC2CCC2)[nH]n1. The van der Waals surface area contributed by atoms with Crippen LogP contribution >= 0.6 is 0 Å². The Kier molecular flexibility index (Phi) is 1.92. The maximum atomic E-state index is 11.3. The third-order valence-corrected chi connectivity index (χ3v) is 2.14. The highest BCUT2D eigenvalue weighted by molar-refractivity contribution is 5.88. The Morgan fingerprint density at radius 3 is 2.92 bits per heavy atom. The Morgan fingerprint density at radius 1 is 1.69 bits per heavy atom. The molecule has 0 amide bonds.